The minimum Gasteiger partial charge on any atom is -0.371 e. The third-order valence-corrected chi connectivity index (χ3v) is 5.45. The van der Waals surface area contributed by atoms with E-state index in [0.29, 0.717) is 16.0 Å². The SMILES string of the molecule is O=S(=O)(Oc1c(F)c(F)c(F)c(F)c1F)c1nc2ccccc2s1. The molecular formula is C13H4F5NO3S2. The third kappa shape index (κ3) is 2.59. The maximum atomic E-state index is 13.5. The Morgan fingerprint density at radius 1 is 0.875 bits per heavy atom. The van der Waals surface area contributed by atoms with E-state index >= 15 is 0 Å². The van der Waals surface area contributed by atoms with Crippen LogP contribution in [0.25, 0.3) is 10.2 Å². The first kappa shape index (κ1) is 16.6. The lowest BCUT2D eigenvalue weighted by Gasteiger charge is -2.08. The molecule has 0 saturated heterocycles. The summed E-state index contributed by atoms with van der Waals surface area (Å²) >= 11 is 0.616. The first-order chi connectivity index (χ1) is 11.2. The molecule has 0 spiro atoms. The molecule has 0 aliphatic rings. The second-order valence-electron chi connectivity index (χ2n) is 4.38. The van der Waals surface area contributed by atoms with Crippen LogP contribution in [0.2, 0.25) is 0 Å². The van der Waals surface area contributed by atoms with Crippen molar-refractivity contribution in [2.75, 3.05) is 0 Å². The summed E-state index contributed by atoms with van der Waals surface area (Å²) in [5.41, 5.74) is 0.266. The molecule has 1 heterocycles. The van der Waals surface area contributed by atoms with E-state index < -0.39 is 49.3 Å². The van der Waals surface area contributed by atoms with E-state index in [2.05, 4.69) is 9.17 Å². The van der Waals surface area contributed by atoms with E-state index in [1.54, 1.807) is 12.1 Å². The van der Waals surface area contributed by atoms with Gasteiger partial charge in [0.05, 0.1) is 10.2 Å². The van der Waals surface area contributed by atoms with Crippen LogP contribution in [-0.2, 0) is 10.1 Å². The maximum Gasteiger partial charge on any atom is 0.367 e. The number of thiazole rings is 1. The molecule has 0 radical (unpaired) electrons. The van der Waals surface area contributed by atoms with Crippen molar-refractivity contribution in [3.63, 3.8) is 0 Å². The lowest BCUT2D eigenvalue weighted by molar-refractivity contribution is 0.346. The van der Waals surface area contributed by atoms with Gasteiger partial charge in [-0.1, -0.05) is 23.5 Å². The highest BCUT2D eigenvalue weighted by atomic mass is 32.3. The molecule has 2 aromatic carbocycles. The summed E-state index contributed by atoms with van der Waals surface area (Å²) in [5, 5.41) is 0. The van der Waals surface area contributed by atoms with Gasteiger partial charge >= 0.3 is 10.1 Å². The van der Waals surface area contributed by atoms with Crippen LogP contribution in [-0.4, -0.2) is 13.4 Å². The Balaban J connectivity index is 2.10. The number of nitrogens with zero attached hydrogens (tertiary/aromatic N) is 1. The first-order valence-corrected chi connectivity index (χ1v) is 8.26. The van der Waals surface area contributed by atoms with E-state index in [9.17, 15) is 30.4 Å². The van der Waals surface area contributed by atoms with Crippen molar-refractivity contribution < 1.29 is 34.6 Å². The average molecular weight is 381 g/mol. The van der Waals surface area contributed by atoms with Crippen molar-refractivity contribution in [3.05, 3.63) is 53.4 Å². The Morgan fingerprint density at radius 3 is 2.00 bits per heavy atom. The molecule has 3 aromatic rings. The van der Waals surface area contributed by atoms with Crippen molar-refractivity contribution in [1.29, 1.82) is 0 Å². The quantitative estimate of drug-likeness (QED) is 0.300. The summed E-state index contributed by atoms with van der Waals surface area (Å²) in [6.07, 6.45) is 0. The molecule has 0 amide bonds. The zero-order chi connectivity index (χ0) is 17.6. The number of para-hydroxylation sites is 1. The lowest BCUT2D eigenvalue weighted by atomic mass is 10.3. The van der Waals surface area contributed by atoms with Gasteiger partial charge < -0.3 is 4.18 Å². The van der Waals surface area contributed by atoms with Gasteiger partial charge in [-0.3, -0.25) is 0 Å². The molecule has 1 aromatic heterocycles. The van der Waals surface area contributed by atoms with Gasteiger partial charge in [-0.25, -0.2) is 18.2 Å². The van der Waals surface area contributed by atoms with Crippen LogP contribution >= 0.6 is 11.3 Å². The Hall–Kier alpha value is -2.27. The predicted molar refractivity (Wildman–Crippen MR) is 73.7 cm³/mol. The number of rotatable bonds is 3. The summed E-state index contributed by atoms with van der Waals surface area (Å²) in [6.45, 7) is 0. The monoisotopic (exact) mass is 381 g/mol. The van der Waals surface area contributed by atoms with E-state index in [4.69, 9.17) is 0 Å². The highest BCUT2D eigenvalue weighted by Gasteiger charge is 2.32. The highest BCUT2D eigenvalue weighted by Crippen LogP contribution is 2.33. The molecule has 0 saturated carbocycles. The maximum absolute atomic E-state index is 13.5. The fraction of sp³-hybridized carbons (Fsp3) is 0. The van der Waals surface area contributed by atoms with Crippen LogP contribution in [0.3, 0.4) is 0 Å². The van der Waals surface area contributed by atoms with Crippen LogP contribution in [0.5, 0.6) is 5.75 Å². The predicted octanol–water partition coefficient (Wildman–Crippen LogP) is 3.76. The van der Waals surface area contributed by atoms with Crippen LogP contribution in [0.1, 0.15) is 0 Å². The van der Waals surface area contributed by atoms with Crippen LogP contribution in [0, 0.1) is 29.1 Å². The molecule has 0 aliphatic heterocycles. The van der Waals surface area contributed by atoms with Crippen LogP contribution in [0.15, 0.2) is 28.6 Å². The van der Waals surface area contributed by atoms with Crippen molar-refractivity contribution in [2.45, 2.75) is 4.34 Å². The minimum absolute atomic E-state index is 0.266. The molecule has 0 unspecified atom stereocenters. The lowest BCUT2D eigenvalue weighted by Crippen LogP contribution is -2.14. The van der Waals surface area contributed by atoms with Gasteiger partial charge in [0.15, 0.2) is 0 Å². The van der Waals surface area contributed by atoms with E-state index in [1.165, 1.54) is 12.1 Å². The number of fused-ring (bicyclic) bond motifs is 1. The molecule has 11 heteroatoms. The molecule has 3 rings (SSSR count). The number of hydrogen-bond donors (Lipinski definition) is 0. The average Bonchev–Trinajstić information content (AvgIpc) is 3.00. The van der Waals surface area contributed by atoms with Gasteiger partial charge in [0.2, 0.25) is 39.2 Å². The van der Waals surface area contributed by atoms with Gasteiger partial charge in [-0.05, 0) is 12.1 Å². The Morgan fingerprint density at radius 2 is 1.42 bits per heavy atom. The molecular weight excluding hydrogens is 377 g/mol. The summed E-state index contributed by atoms with van der Waals surface area (Å²) in [5.74, 6) is -13.8. The van der Waals surface area contributed by atoms with Gasteiger partial charge in [0.25, 0.3) is 0 Å². The van der Waals surface area contributed by atoms with Crippen molar-refractivity contribution in [2.24, 2.45) is 0 Å². The normalized spacial score (nSPS) is 11.9. The Kier molecular flexibility index (Phi) is 3.92. The molecule has 0 N–H and O–H groups in total. The summed E-state index contributed by atoms with van der Waals surface area (Å²) in [6, 6.07) is 6.18. The summed E-state index contributed by atoms with van der Waals surface area (Å²) in [4.78, 5) is 3.70. The topological polar surface area (TPSA) is 56.3 Å². The van der Waals surface area contributed by atoms with E-state index in [-0.39, 0.29) is 5.52 Å². The van der Waals surface area contributed by atoms with Gasteiger partial charge in [-0.2, -0.15) is 17.2 Å². The summed E-state index contributed by atoms with van der Waals surface area (Å²) in [7, 11) is -4.89. The molecule has 0 aliphatic carbocycles. The molecule has 126 valence electrons. The second kappa shape index (κ2) is 5.67. The van der Waals surface area contributed by atoms with E-state index in [0.717, 1.165) is 0 Å². The number of aromatic nitrogens is 1. The first-order valence-electron chi connectivity index (χ1n) is 6.04. The molecule has 0 atom stereocenters. The second-order valence-corrected chi connectivity index (χ2v) is 7.13. The molecule has 24 heavy (non-hydrogen) atoms. The summed E-state index contributed by atoms with van der Waals surface area (Å²) < 4.78 is 94.1. The fourth-order valence-electron chi connectivity index (χ4n) is 1.76. The number of halogens is 5. The highest BCUT2D eigenvalue weighted by molar-refractivity contribution is 7.89. The standard InChI is InChI=1S/C13H4F5NO3S2/c14-7-8(15)10(17)12(11(18)9(7)16)22-24(20,21)13-19-5-3-1-2-4-6(5)23-13/h1-4H. The van der Waals surface area contributed by atoms with Gasteiger partial charge in [0, 0.05) is 0 Å². The Labute approximate surface area is 135 Å². The van der Waals surface area contributed by atoms with Crippen LogP contribution in [0.4, 0.5) is 22.0 Å². The zero-order valence-corrected chi connectivity index (χ0v) is 12.8. The van der Waals surface area contributed by atoms with Crippen molar-refractivity contribution in [1.82, 2.24) is 4.98 Å². The van der Waals surface area contributed by atoms with Crippen LogP contribution < -0.4 is 4.18 Å². The molecule has 0 bridgehead atoms. The van der Waals surface area contributed by atoms with Gasteiger partial charge in [-0.15, -0.1) is 0 Å². The smallest absolute Gasteiger partial charge is 0.367 e. The van der Waals surface area contributed by atoms with Crippen molar-refractivity contribution in [3.8, 4) is 5.75 Å². The zero-order valence-electron chi connectivity index (χ0n) is 11.2. The van der Waals surface area contributed by atoms with Gasteiger partial charge in [0.1, 0.15) is 0 Å². The molecule has 4 nitrogen and oxygen atoms in total. The third-order valence-electron chi connectivity index (χ3n) is 2.85. The Bertz CT molecular complexity index is 1000. The minimum atomic E-state index is -4.89. The van der Waals surface area contributed by atoms with Crippen molar-refractivity contribution >= 4 is 31.7 Å². The number of benzene rings is 2. The number of hydrogen-bond acceptors (Lipinski definition) is 5. The largest absolute Gasteiger partial charge is 0.371 e. The fourth-order valence-corrected chi connectivity index (χ4v) is 3.89. The van der Waals surface area contributed by atoms with E-state index in [1.807, 2.05) is 0 Å². The molecule has 0 fully saturated rings.